The van der Waals surface area contributed by atoms with E-state index in [9.17, 15) is 4.79 Å². The van der Waals surface area contributed by atoms with Gasteiger partial charge in [-0.1, -0.05) is 15.9 Å². The number of hydrogen-bond donors (Lipinski definition) is 2. The lowest BCUT2D eigenvalue weighted by Crippen LogP contribution is -1.99. The molecule has 0 fully saturated rings. The molecular weight excluding hydrogens is 376 g/mol. The van der Waals surface area contributed by atoms with E-state index in [1.54, 1.807) is 19.1 Å². The molecule has 8 nitrogen and oxygen atoms in total. The molecule has 0 saturated heterocycles. The zero-order valence-corrected chi connectivity index (χ0v) is 14.2. The molecule has 0 bridgehead atoms. The van der Waals surface area contributed by atoms with Crippen LogP contribution in [0.4, 0.5) is 5.69 Å². The van der Waals surface area contributed by atoms with Gasteiger partial charge in [0.25, 0.3) is 0 Å². The molecule has 0 aliphatic rings. The maximum Gasteiger partial charge on any atom is 0.330 e. The fourth-order valence-corrected chi connectivity index (χ4v) is 2.10. The molecule has 1 aromatic heterocycles. The number of hydrogen-bond acceptors (Lipinski definition) is 7. The Kier molecular flexibility index (Phi) is 6.22. The number of anilines is 1. The van der Waals surface area contributed by atoms with Gasteiger partial charge in [0.2, 0.25) is 5.82 Å². The molecule has 0 saturated carbocycles. The lowest BCUT2D eigenvalue weighted by molar-refractivity contribution is -0.137. The topological polar surface area (TPSA) is 117 Å². The van der Waals surface area contributed by atoms with Crippen LogP contribution >= 0.6 is 15.9 Å². The SMILES string of the molecule is CCOC(=O)C=Cc1cc(Br)ccc1NC=C(C#N)c1nn[nH]n1. The van der Waals surface area contributed by atoms with Crippen molar-refractivity contribution in [2.75, 3.05) is 11.9 Å². The number of carbonyl (C=O) groups is 1. The zero-order chi connectivity index (χ0) is 17.4. The minimum atomic E-state index is -0.427. The number of nitrogens with one attached hydrogen (secondary N) is 2. The number of benzene rings is 1. The van der Waals surface area contributed by atoms with Crippen molar-refractivity contribution in [3.8, 4) is 6.07 Å². The summed E-state index contributed by atoms with van der Waals surface area (Å²) in [6.07, 6.45) is 4.43. The Hall–Kier alpha value is -2.99. The van der Waals surface area contributed by atoms with Crippen LogP contribution in [0.1, 0.15) is 18.3 Å². The van der Waals surface area contributed by atoms with E-state index in [0.717, 1.165) is 10.0 Å². The van der Waals surface area contributed by atoms with Crippen molar-refractivity contribution in [1.82, 2.24) is 20.6 Å². The first-order valence-electron chi connectivity index (χ1n) is 6.89. The van der Waals surface area contributed by atoms with Gasteiger partial charge in [-0.05, 0) is 42.0 Å². The van der Waals surface area contributed by atoms with E-state index in [2.05, 4.69) is 41.9 Å². The standard InChI is InChI=1S/C15H13BrN6O2/c1-2-24-14(23)6-3-10-7-12(16)4-5-13(10)18-9-11(8-17)15-19-21-22-20-15/h3-7,9,18H,2H2,1H3,(H,19,20,21,22). The summed E-state index contributed by atoms with van der Waals surface area (Å²) < 4.78 is 5.70. The number of carbonyl (C=O) groups excluding carboxylic acids is 1. The fraction of sp³-hybridized carbons (Fsp3) is 0.133. The summed E-state index contributed by atoms with van der Waals surface area (Å²) in [6.45, 7) is 2.05. The van der Waals surface area contributed by atoms with Gasteiger partial charge in [0.1, 0.15) is 11.6 Å². The maximum atomic E-state index is 11.5. The third kappa shape index (κ3) is 4.76. The second-order valence-corrected chi connectivity index (χ2v) is 5.28. The first kappa shape index (κ1) is 17.4. The molecule has 122 valence electrons. The Morgan fingerprint density at radius 3 is 3.04 bits per heavy atom. The quantitative estimate of drug-likeness (QED) is 0.443. The van der Waals surface area contributed by atoms with Crippen LogP contribution in [-0.2, 0) is 9.53 Å². The first-order valence-corrected chi connectivity index (χ1v) is 7.68. The van der Waals surface area contributed by atoms with Crippen molar-refractivity contribution in [1.29, 1.82) is 5.26 Å². The van der Waals surface area contributed by atoms with Crippen molar-refractivity contribution in [3.63, 3.8) is 0 Å². The number of nitriles is 1. The van der Waals surface area contributed by atoms with E-state index in [1.807, 2.05) is 18.2 Å². The van der Waals surface area contributed by atoms with Crippen LogP contribution in [0.5, 0.6) is 0 Å². The molecule has 1 aromatic carbocycles. The van der Waals surface area contributed by atoms with E-state index in [-0.39, 0.29) is 11.4 Å². The van der Waals surface area contributed by atoms with E-state index in [1.165, 1.54) is 12.3 Å². The maximum absolute atomic E-state index is 11.5. The number of H-pyrrole nitrogens is 1. The third-order valence-electron chi connectivity index (χ3n) is 2.78. The second-order valence-electron chi connectivity index (χ2n) is 4.37. The Labute approximate surface area is 146 Å². The van der Waals surface area contributed by atoms with Gasteiger partial charge in [0.15, 0.2) is 0 Å². The van der Waals surface area contributed by atoms with Gasteiger partial charge in [0.05, 0.1) is 6.61 Å². The molecule has 0 radical (unpaired) electrons. The molecule has 0 amide bonds. The van der Waals surface area contributed by atoms with E-state index < -0.39 is 5.97 Å². The number of halogens is 1. The highest BCUT2D eigenvalue weighted by atomic mass is 79.9. The van der Waals surface area contributed by atoms with E-state index in [0.29, 0.717) is 12.3 Å². The lowest BCUT2D eigenvalue weighted by Gasteiger charge is -2.07. The number of rotatable bonds is 6. The number of allylic oxidation sites excluding steroid dienone is 1. The summed E-state index contributed by atoms with van der Waals surface area (Å²) in [5.41, 5.74) is 1.64. The average molecular weight is 389 g/mol. The smallest absolute Gasteiger partial charge is 0.330 e. The van der Waals surface area contributed by atoms with Gasteiger partial charge in [-0.25, -0.2) is 4.79 Å². The van der Waals surface area contributed by atoms with Crippen molar-refractivity contribution in [3.05, 3.63) is 46.3 Å². The predicted octanol–water partition coefficient (Wildman–Crippen LogP) is 2.52. The molecule has 0 unspecified atom stereocenters. The Bertz CT molecular complexity index is 808. The van der Waals surface area contributed by atoms with Crippen LogP contribution in [0.15, 0.2) is 34.9 Å². The fourth-order valence-electron chi connectivity index (χ4n) is 1.72. The van der Waals surface area contributed by atoms with Crippen LogP contribution in [0, 0.1) is 11.3 Å². The van der Waals surface area contributed by atoms with Crippen molar-refractivity contribution in [2.24, 2.45) is 0 Å². The van der Waals surface area contributed by atoms with Crippen LogP contribution in [0.2, 0.25) is 0 Å². The highest BCUT2D eigenvalue weighted by Gasteiger charge is 2.06. The Morgan fingerprint density at radius 2 is 2.38 bits per heavy atom. The van der Waals surface area contributed by atoms with Crippen LogP contribution in [-0.4, -0.2) is 33.2 Å². The number of esters is 1. The molecule has 2 rings (SSSR count). The monoisotopic (exact) mass is 388 g/mol. The molecule has 0 aliphatic heterocycles. The summed E-state index contributed by atoms with van der Waals surface area (Å²) in [5, 5.41) is 25.4. The van der Waals surface area contributed by atoms with Crippen LogP contribution in [0.3, 0.4) is 0 Å². The molecule has 2 aromatic rings. The summed E-state index contributed by atoms with van der Waals surface area (Å²) in [7, 11) is 0. The summed E-state index contributed by atoms with van der Waals surface area (Å²) in [6, 6.07) is 7.44. The summed E-state index contributed by atoms with van der Waals surface area (Å²) >= 11 is 3.38. The molecule has 0 aliphatic carbocycles. The highest BCUT2D eigenvalue weighted by Crippen LogP contribution is 2.23. The number of ether oxygens (including phenoxy) is 1. The Morgan fingerprint density at radius 1 is 1.54 bits per heavy atom. The normalized spacial score (nSPS) is 11.3. The van der Waals surface area contributed by atoms with E-state index in [4.69, 9.17) is 10.00 Å². The van der Waals surface area contributed by atoms with Gasteiger partial charge in [0, 0.05) is 22.4 Å². The van der Waals surface area contributed by atoms with Gasteiger partial charge < -0.3 is 10.1 Å². The summed E-state index contributed by atoms with van der Waals surface area (Å²) in [4.78, 5) is 11.5. The van der Waals surface area contributed by atoms with Gasteiger partial charge >= 0.3 is 5.97 Å². The second kappa shape index (κ2) is 8.59. The zero-order valence-electron chi connectivity index (χ0n) is 12.7. The molecule has 1 heterocycles. The van der Waals surface area contributed by atoms with Crippen LogP contribution in [0.25, 0.3) is 11.6 Å². The van der Waals surface area contributed by atoms with Gasteiger partial charge in [-0.3, -0.25) is 0 Å². The first-order chi connectivity index (χ1) is 11.6. The third-order valence-corrected chi connectivity index (χ3v) is 3.27. The molecule has 9 heteroatoms. The number of nitrogens with zero attached hydrogens (tertiary/aromatic N) is 4. The van der Waals surface area contributed by atoms with E-state index >= 15 is 0 Å². The Balaban J connectivity index is 2.24. The number of tetrazole rings is 1. The van der Waals surface area contributed by atoms with Crippen LogP contribution < -0.4 is 5.32 Å². The minimum Gasteiger partial charge on any atom is -0.463 e. The number of aromatic amines is 1. The minimum absolute atomic E-state index is 0.186. The molecule has 24 heavy (non-hydrogen) atoms. The van der Waals surface area contributed by atoms with Gasteiger partial charge in [-0.15, -0.1) is 10.2 Å². The largest absolute Gasteiger partial charge is 0.463 e. The van der Waals surface area contributed by atoms with Crippen molar-refractivity contribution in [2.45, 2.75) is 6.92 Å². The number of aromatic nitrogens is 4. The molecule has 2 N–H and O–H groups in total. The highest BCUT2D eigenvalue weighted by molar-refractivity contribution is 9.10. The molecule has 0 atom stereocenters. The predicted molar refractivity (Wildman–Crippen MR) is 91.2 cm³/mol. The lowest BCUT2D eigenvalue weighted by atomic mass is 10.1. The molecular formula is C15H13BrN6O2. The van der Waals surface area contributed by atoms with Crippen molar-refractivity contribution >= 4 is 39.2 Å². The van der Waals surface area contributed by atoms with Crippen molar-refractivity contribution < 1.29 is 9.53 Å². The molecule has 0 spiro atoms. The average Bonchev–Trinajstić information content (AvgIpc) is 3.09. The summed E-state index contributed by atoms with van der Waals surface area (Å²) in [5.74, 6) is -0.241. The van der Waals surface area contributed by atoms with Gasteiger partial charge in [-0.2, -0.15) is 10.5 Å².